The molecule has 20 heavy (non-hydrogen) atoms. The number of aromatic nitrogens is 6. The van der Waals surface area contributed by atoms with E-state index in [-0.39, 0.29) is 4.68 Å². The number of halogens is 5. The van der Waals surface area contributed by atoms with Crippen molar-refractivity contribution in [1.82, 2.24) is 30.0 Å². The number of rotatable bonds is 1. The van der Waals surface area contributed by atoms with Crippen molar-refractivity contribution < 1.29 is 26.7 Å². The second kappa shape index (κ2) is 4.31. The molecule has 2 aromatic heterocycles. The molecule has 0 N–H and O–H groups in total. The Bertz CT molecular complexity index is 630. The lowest BCUT2D eigenvalue weighted by atomic mass is 10.2. The smallest absolute Gasteiger partial charge is 0.243 e. The molecular formula is C8H5F5N6O. The fourth-order valence-corrected chi connectivity index (χ4v) is 1.34. The normalized spacial score (nSPS) is 12.7. The molecule has 0 unspecified atom stereocenters. The monoisotopic (exact) mass is 296 g/mol. The number of carbonyl (C=O) groups is 1. The summed E-state index contributed by atoms with van der Waals surface area (Å²) in [6.45, 7) is 0.865. The molecule has 12 heteroatoms. The lowest BCUT2D eigenvalue weighted by Gasteiger charge is -2.17. The molecule has 0 bridgehead atoms. The molecular weight excluding hydrogens is 291 g/mol. The number of alkyl halides is 5. The van der Waals surface area contributed by atoms with E-state index in [1.165, 1.54) is 0 Å². The molecule has 2 aromatic rings. The summed E-state index contributed by atoms with van der Waals surface area (Å²) in [4.78, 5) is 11.7. The minimum Gasteiger partial charge on any atom is -0.243 e. The Kier molecular flexibility index (Phi) is 3.02. The standard InChI is InChI=1S/C8H5F5N6O/c1-4-5(7(9,10)8(11,12)13)15-17-19(4)6(20)18-3-2-14-16-18/h2-3H,1H3. The van der Waals surface area contributed by atoms with Crippen LogP contribution in [0.15, 0.2) is 12.4 Å². The van der Waals surface area contributed by atoms with Crippen LogP contribution >= 0.6 is 0 Å². The van der Waals surface area contributed by atoms with Gasteiger partial charge in [0.15, 0.2) is 5.69 Å². The van der Waals surface area contributed by atoms with Crippen molar-refractivity contribution in [2.75, 3.05) is 0 Å². The molecule has 0 aliphatic carbocycles. The van der Waals surface area contributed by atoms with Gasteiger partial charge in [-0.25, -0.2) is 4.79 Å². The van der Waals surface area contributed by atoms with Crippen molar-refractivity contribution in [3.63, 3.8) is 0 Å². The van der Waals surface area contributed by atoms with E-state index in [1.54, 1.807) is 0 Å². The minimum absolute atomic E-state index is 0.281. The fraction of sp³-hybridized carbons (Fsp3) is 0.375. The quantitative estimate of drug-likeness (QED) is 0.742. The highest BCUT2D eigenvalue weighted by molar-refractivity contribution is 5.77. The molecule has 2 heterocycles. The average molecular weight is 296 g/mol. The third-order valence-corrected chi connectivity index (χ3v) is 2.35. The zero-order valence-corrected chi connectivity index (χ0v) is 9.64. The van der Waals surface area contributed by atoms with Gasteiger partial charge in [0.05, 0.1) is 18.1 Å². The zero-order valence-electron chi connectivity index (χ0n) is 9.64. The maximum absolute atomic E-state index is 13.2. The molecule has 7 nitrogen and oxygen atoms in total. The molecule has 0 spiro atoms. The molecule has 0 aliphatic heterocycles. The van der Waals surface area contributed by atoms with E-state index < -0.39 is 29.5 Å². The second-order valence-electron chi connectivity index (χ2n) is 3.64. The molecule has 0 radical (unpaired) electrons. The predicted octanol–water partition coefficient (Wildman–Crippen LogP) is 1.35. The average Bonchev–Trinajstić information content (AvgIpc) is 2.95. The van der Waals surface area contributed by atoms with Gasteiger partial charge in [-0.05, 0) is 6.92 Å². The zero-order chi connectivity index (χ0) is 15.1. The van der Waals surface area contributed by atoms with Gasteiger partial charge >= 0.3 is 18.1 Å². The van der Waals surface area contributed by atoms with Crippen LogP contribution in [0.25, 0.3) is 0 Å². The van der Waals surface area contributed by atoms with Crippen LogP contribution in [-0.4, -0.2) is 42.2 Å². The van der Waals surface area contributed by atoms with E-state index in [4.69, 9.17) is 0 Å². The van der Waals surface area contributed by atoms with E-state index in [9.17, 15) is 26.7 Å². The molecule has 2 rings (SSSR count). The number of nitrogens with zero attached hydrogens (tertiary/aromatic N) is 6. The maximum atomic E-state index is 13.2. The van der Waals surface area contributed by atoms with Crippen molar-refractivity contribution in [3.8, 4) is 0 Å². The minimum atomic E-state index is -5.84. The summed E-state index contributed by atoms with van der Waals surface area (Å²) in [5.41, 5.74) is -2.38. The fourth-order valence-electron chi connectivity index (χ4n) is 1.34. The summed E-state index contributed by atoms with van der Waals surface area (Å²) < 4.78 is 63.9. The first-order valence-electron chi connectivity index (χ1n) is 4.94. The van der Waals surface area contributed by atoms with Crippen molar-refractivity contribution >= 4 is 6.03 Å². The number of hydrogen-bond acceptors (Lipinski definition) is 5. The molecule has 0 saturated heterocycles. The second-order valence-corrected chi connectivity index (χ2v) is 3.64. The van der Waals surface area contributed by atoms with Crippen molar-refractivity contribution in [1.29, 1.82) is 0 Å². The van der Waals surface area contributed by atoms with Crippen LogP contribution in [0.3, 0.4) is 0 Å². The van der Waals surface area contributed by atoms with Crippen molar-refractivity contribution in [2.45, 2.75) is 19.0 Å². The molecule has 0 saturated carbocycles. The first-order valence-corrected chi connectivity index (χ1v) is 4.94. The Labute approximate surface area is 107 Å². The molecule has 108 valence electrons. The van der Waals surface area contributed by atoms with E-state index in [2.05, 4.69) is 20.6 Å². The van der Waals surface area contributed by atoms with Crippen molar-refractivity contribution in [2.24, 2.45) is 0 Å². The molecule has 0 amide bonds. The van der Waals surface area contributed by atoms with E-state index in [1.807, 2.05) is 0 Å². The molecule has 0 aliphatic rings. The highest BCUT2D eigenvalue weighted by atomic mass is 19.4. The van der Waals surface area contributed by atoms with Gasteiger partial charge in [-0.2, -0.15) is 31.3 Å². The molecule has 0 aromatic carbocycles. The van der Waals surface area contributed by atoms with Crippen LogP contribution in [0.5, 0.6) is 0 Å². The van der Waals surface area contributed by atoms with Crippen LogP contribution in [0.4, 0.5) is 26.7 Å². The van der Waals surface area contributed by atoms with E-state index >= 15 is 0 Å². The van der Waals surface area contributed by atoms with Crippen LogP contribution < -0.4 is 0 Å². The van der Waals surface area contributed by atoms with Gasteiger partial charge < -0.3 is 0 Å². The summed E-state index contributed by atoms with van der Waals surface area (Å²) in [5.74, 6) is -5.21. The largest absolute Gasteiger partial charge is 0.459 e. The third-order valence-electron chi connectivity index (χ3n) is 2.35. The molecule has 0 fully saturated rings. The maximum Gasteiger partial charge on any atom is 0.459 e. The van der Waals surface area contributed by atoms with Crippen LogP contribution in [0, 0.1) is 6.92 Å². The van der Waals surface area contributed by atoms with Crippen molar-refractivity contribution in [3.05, 3.63) is 23.8 Å². The van der Waals surface area contributed by atoms with Gasteiger partial charge in [-0.1, -0.05) is 10.4 Å². The van der Waals surface area contributed by atoms with E-state index in [0.29, 0.717) is 4.68 Å². The Balaban J connectivity index is 2.45. The predicted molar refractivity (Wildman–Crippen MR) is 50.9 cm³/mol. The summed E-state index contributed by atoms with van der Waals surface area (Å²) >= 11 is 0. The lowest BCUT2D eigenvalue weighted by molar-refractivity contribution is -0.291. The topological polar surface area (TPSA) is 78.5 Å². The Morgan fingerprint density at radius 1 is 1.20 bits per heavy atom. The van der Waals surface area contributed by atoms with Gasteiger partial charge in [0.2, 0.25) is 0 Å². The highest BCUT2D eigenvalue weighted by Crippen LogP contribution is 2.43. The van der Waals surface area contributed by atoms with Gasteiger partial charge in [0, 0.05) is 0 Å². The van der Waals surface area contributed by atoms with Crippen LogP contribution in [0.2, 0.25) is 0 Å². The van der Waals surface area contributed by atoms with Gasteiger partial charge in [0.1, 0.15) is 0 Å². The lowest BCUT2D eigenvalue weighted by Crippen LogP contribution is -2.35. The SMILES string of the molecule is Cc1c(C(F)(F)C(F)(F)F)nnn1C(=O)n1ccnn1. The summed E-state index contributed by atoms with van der Waals surface area (Å²) in [6.07, 6.45) is -3.64. The summed E-state index contributed by atoms with van der Waals surface area (Å²) in [5, 5.41) is 12.3. The van der Waals surface area contributed by atoms with Crippen LogP contribution in [-0.2, 0) is 5.92 Å². The van der Waals surface area contributed by atoms with Gasteiger partial charge in [-0.3, -0.25) is 0 Å². The van der Waals surface area contributed by atoms with Gasteiger partial charge in [-0.15, -0.1) is 10.2 Å². The highest BCUT2D eigenvalue weighted by Gasteiger charge is 2.61. The summed E-state index contributed by atoms with van der Waals surface area (Å²) in [7, 11) is 0. The first-order chi connectivity index (χ1) is 9.16. The van der Waals surface area contributed by atoms with E-state index in [0.717, 1.165) is 19.3 Å². The number of hydrogen-bond donors (Lipinski definition) is 0. The Morgan fingerprint density at radius 3 is 2.35 bits per heavy atom. The Hall–Kier alpha value is -2.40. The first kappa shape index (κ1) is 14.0. The molecule has 0 atom stereocenters. The summed E-state index contributed by atoms with van der Waals surface area (Å²) in [6, 6.07) is -1.09. The third kappa shape index (κ3) is 2.02. The van der Waals surface area contributed by atoms with Crippen LogP contribution in [0.1, 0.15) is 11.4 Å². The Morgan fingerprint density at radius 2 is 1.85 bits per heavy atom. The van der Waals surface area contributed by atoms with Gasteiger partial charge in [0.25, 0.3) is 0 Å². The number of carbonyl (C=O) groups excluding carboxylic acids is 1.